The predicted molar refractivity (Wildman–Crippen MR) is 82.0 cm³/mol. The van der Waals surface area contributed by atoms with Crippen molar-refractivity contribution in [2.75, 3.05) is 47.3 Å². The molecular formula is C15H31N3O2. The first-order valence-corrected chi connectivity index (χ1v) is 7.74. The second-order valence-electron chi connectivity index (χ2n) is 5.97. The van der Waals surface area contributed by atoms with Gasteiger partial charge in [0.1, 0.15) is 0 Å². The third-order valence-electron chi connectivity index (χ3n) is 3.91. The molecule has 0 aromatic carbocycles. The smallest absolute Gasteiger partial charge is 0.319 e. The minimum Gasteiger partial charge on any atom is -0.369 e. The van der Waals surface area contributed by atoms with Crippen LogP contribution in [0.5, 0.6) is 0 Å². The fraction of sp³-hybridized carbons (Fsp3) is 0.933. The Balaban J connectivity index is 0.000000956. The normalized spacial score (nSPS) is 25.9. The molecule has 20 heavy (non-hydrogen) atoms. The molecule has 0 bridgehead atoms. The summed E-state index contributed by atoms with van der Waals surface area (Å²) in [6.07, 6.45) is 2.18. The topological polar surface area (TPSA) is 36.0 Å². The van der Waals surface area contributed by atoms with Crippen molar-refractivity contribution in [3.05, 3.63) is 0 Å². The SMILES string of the molecule is CC.CC1CN(C)CC2(CCN(C(=O)N(C)C)CC2)O1. The molecule has 0 aromatic rings. The lowest BCUT2D eigenvalue weighted by atomic mass is 9.89. The van der Waals surface area contributed by atoms with Crippen LogP contribution >= 0.6 is 0 Å². The van der Waals surface area contributed by atoms with Crippen LogP contribution in [0.1, 0.15) is 33.6 Å². The van der Waals surface area contributed by atoms with E-state index in [1.807, 2.05) is 18.7 Å². The van der Waals surface area contributed by atoms with Gasteiger partial charge in [-0.05, 0) is 26.8 Å². The van der Waals surface area contributed by atoms with E-state index in [1.165, 1.54) is 0 Å². The first-order valence-electron chi connectivity index (χ1n) is 7.74. The Morgan fingerprint density at radius 1 is 1.25 bits per heavy atom. The molecule has 2 aliphatic rings. The molecule has 0 aliphatic carbocycles. The number of likely N-dealkylation sites (N-methyl/N-ethyl adjacent to an activating group) is 1. The molecule has 2 heterocycles. The van der Waals surface area contributed by atoms with Crippen molar-refractivity contribution in [2.45, 2.75) is 45.3 Å². The number of urea groups is 1. The van der Waals surface area contributed by atoms with Gasteiger partial charge in [-0.25, -0.2) is 4.79 Å². The Labute approximate surface area is 123 Å². The summed E-state index contributed by atoms with van der Waals surface area (Å²) in [5, 5.41) is 0. The lowest BCUT2D eigenvalue weighted by molar-refractivity contribution is -0.162. The minimum atomic E-state index is -0.0322. The van der Waals surface area contributed by atoms with E-state index >= 15 is 0 Å². The van der Waals surface area contributed by atoms with Gasteiger partial charge in [0.15, 0.2) is 0 Å². The zero-order valence-corrected chi connectivity index (χ0v) is 14.0. The van der Waals surface area contributed by atoms with Gasteiger partial charge in [-0.15, -0.1) is 0 Å². The molecule has 1 unspecified atom stereocenters. The van der Waals surface area contributed by atoms with Gasteiger partial charge >= 0.3 is 6.03 Å². The van der Waals surface area contributed by atoms with E-state index in [9.17, 15) is 4.79 Å². The van der Waals surface area contributed by atoms with Gasteiger partial charge in [0, 0.05) is 40.3 Å². The number of ether oxygens (including phenoxy) is 1. The maximum Gasteiger partial charge on any atom is 0.319 e. The average molecular weight is 285 g/mol. The molecule has 2 aliphatic heterocycles. The third-order valence-corrected chi connectivity index (χ3v) is 3.91. The highest BCUT2D eigenvalue weighted by Crippen LogP contribution is 2.31. The van der Waals surface area contributed by atoms with E-state index in [2.05, 4.69) is 18.9 Å². The number of carbonyl (C=O) groups is 1. The van der Waals surface area contributed by atoms with Crippen LogP contribution in [0.25, 0.3) is 0 Å². The number of morpholine rings is 1. The predicted octanol–water partition coefficient (Wildman–Crippen LogP) is 1.88. The minimum absolute atomic E-state index is 0.0322. The summed E-state index contributed by atoms with van der Waals surface area (Å²) in [4.78, 5) is 17.8. The molecule has 2 saturated heterocycles. The van der Waals surface area contributed by atoms with Gasteiger partial charge in [-0.1, -0.05) is 13.8 Å². The highest BCUT2D eigenvalue weighted by atomic mass is 16.5. The van der Waals surface area contributed by atoms with Crippen LogP contribution in [0.3, 0.4) is 0 Å². The van der Waals surface area contributed by atoms with E-state index in [0.29, 0.717) is 6.10 Å². The molecule has 0 N–H and O–H groups in total. The second-order valence-corrected chi connectivity index (χ2v) is 5.97. The summed E-state index contributed by atoms with van der Waals surface area (Å²) in [6, 6.07) is 0.113. The van der Waals surface area contributed by atoms with Crippen LogP contribution < -0.4 is 0 Å². The number of hydrogen-bond donors (Lipinski definition) is 0. The number of nitrogens with zero attached hydrogens (tertiary/aromatic N) is 3. The number of carbonyl (C=O) groups excluding carboxylic acids is 1. The summed E-state index contributed by atoms with van der Waals surface area (Å²) in [5.41, 5.74) is -0.0322. The van der Waals surface area contributed by atoms with E-state index in [-0.39, 0.29) is 11.6 Å². The third kappa shape index (κ3) is 4.09. The molecule has 2 rings (SSSR count). The molecule has 5 nitrogen and oxygen atoms in total. The fourth-order valence-electron chi connectivity index (χ4n) is 3.16. The van der Waals surface area contributed by atoms with Gasteiger partial charge in [-0.3, -0.25) is 0 Å². The van der Waals surface area contributed by atoms with Gasteiger partial charge in [0.2, 0.25) is 0 Å². The Kier molecular flexibility index (Phi) is 6.27. The van der Waals surface area contributed by atoms with Crippen LogP contribution in [0.2, 0.25) is 0 Å². The summed E-state index contributed by atoms with van der Waals surface area (Å²) in [5.74, 6) is 0. The average Bonchev–Trinajstić information content (AvgIpc) is 2.39. The number of hydrogen-bond acceptors (Lipinski definition) is 3. The number of piperidine rings is 1. The largest absolute Gasteiger partial charge is 0.369 e. The maximum absolute atomic E-state index is 11.9. The standard InChI is InChI=1S/C13H25N3O2.C2H6/c1-11-9-15(4)10-13(18-11)5-7-16(8-6-13)12(17)14(2)3;1-2/h11H,5-10H2,1-4H3;1-2H3. The van der Waals surface area contributed by atoms with E-state index in [1.54, 1.807) is 19.0 Å². The van der Waals surface area contributed by atoms with Crippen LogP contribution in [0.15, 0.2) is 0 Å². The van der Waals surface area contributed by atoms with Crippen molar-refractivity contribution in [1.29, 1.82) is 0 Å². The van der Waals surface area contributed by atoms with Gasteiger partial charge in [-0.2, -0.15) is 0 Å². The molecule has 0 radical (unpaired) electrons. The molecule has 1 atom stereocenters. The molecular weight excluding hydrogens is 254 g/mol. The zero-order chi connectivity index (χ0) is 15.3. The number of rotatable bonds is 0. The van der Waals surface area contributed by atoms with E-state index in [0.717, 1.165) is 39.0 Å². The molecule has 0 saturated carbocycles. The van der Waals surface area contributed by atoms with Crippen LogP contribution in [-0.4, -0.2) is 79.8 Å². The lowest BCUT2D eigenvalue weighted by Gasteiger charge is -2.48. The van der Waals surface area contributed by atoms with Crippen molar-refractivity contribution < 1.29 is 9.53 Å². The summed E-state index contributed by atoms with van der Waals surface area (Å²) >= 11 is 0. The molecule has 1 spiro atoms. The quantitative estimate of drug-likeness (QED) is 0.682. The maximum atomic E-state index is 11.9. The van der Waals surface area contributed by atoms with Crippen LogP contribution in [0, 0.1) is 0 Å². The molecule has 5 heteroatoms. The van der Waals surface area contributed by atoms with Crippen molar-refractivity contribution in [3.8, 4) is 0 Å². The Hall–Kier alpha value is -0.810. The molecule has 118 valence electrons. The molecule has 2 fully saturated rings. The van der Waals surface area contributed by atoms with E-state index < -0.39 is 0 Å². The van der Waals surface area contributed by atoms with Gasteiger partial charge in [0.05, 0.1) is 11.7 Å². The Bertz CT molecular complexity index is 300. The lowest BCUT2D eigenvalue weighted by Crippen LogP contribution is -2.59. The van der Waals surface area contributed by atoms with Crippen LogP contribution in [0.4, 0.5) is 4.79 Å². The first-order chi connectivity index (χ1) is 9.42. The van der Waals surface area contributed by atoms with Crippen molar-refractivity contribution in [3.63, 3.8) is 0 Å². The zero-order valence-electron chi connectivity index (χ0n) is 14.0. The highest BCUT2D eigenvalue weighted by Gasteiger charge is 2.41. The van der Waals surface area contributed by atoms with Crippen molar-refractivity contribution >= 4 is 6.03 Å². The number of likely N-dealkylation sites (tertiary alicyclic amines) is 1. The van der Waals surface area contributed by atoms with Crippen molar-refractivity contribution in [2.24, 2.45) is 0 Å². The summed E-state index contributed by atoms with van der Waals surface area (Å²) in [6.45, 7) is 9.73. The second kappa shape index (κ2) is 7.27. The Morgan fingerprint density at radius 2 is 1.80 bits per heavy atom. The van der Waals surface area contributed by atoms with Gasteiger partial charge in [0.25, 0.3) is 0 Å². The molecule has 2 amide bonds. The van der Waals surface area contributed by atoms with Crippen LogP contribution in [-0.2, 0) is 4.74 Å². The fourth-order valence-corrected chi connectivity index (χ4v) is 3.16. The monoisotopic (exact) mass is 285 g/mol. The first kappa shape index (κ1) is 17.2. The Morgan fingerprint density at radius 3 is 2.25 bits per heavy atom. The van der Waals surface area contributed by atoms with Gasteiger partial charge < -0.3 is 19.4 Å². The van der Waals surface area contributed by atoms with E-state index in [4.69, 9.17) is 4.74 Å². The highest BCUT2D eigenvalue weighted by molar-refractivity contribution is 5.73. The molecule has 0 aromatic heterocycles. The van der Waals surface area contributed by atoms with Crippen molar-refractivity contribution in [1.82, 2.24) is 14.7 Å². The number of amides is 2. The summed E-state index contributed by atoms with van der Waals surface area (Å²) in [7, 11) is 5.76. The summed E-state index contributed by atoms with van der Waals surface area (Å²) < 4.78 is 6.18.